The largest absolute Gasteiger partial charge is 0.355 e. The number of amides is 2. The maximum atomic E-state index is 12.1. The molecule has 0 saturated carbocycles. The lowest BCUT2D eigenvalue weighted by molar-refractivity contribution is -0.120. The van der Waals surface area contributed by atoms with Gasteiger partial charge in [0.05, 0.1) is 12.8 Å². The number of carbonyl (C=O) groups is 2. The maximum Gasteiger partial charge on any atom is 0.231 e. The predicted molar refractivity (Wildman–Crippen MR) is 95.4 cm³/mol. The van der Waals surface area contributed by atoms with Gasteiger partial charge in [0.25, 0.3) is 0 Å². The molecule has 1 heterocycles. The number of fused-ring (bicyclic) bond motifs is 1. The third-order valence-corrected chi connectivity index (χ3v) is 4.45. The quantitative estimate of drug-likeness (QED) is 0.908. The van der Waals surface area contributed by atoms with Gasteiger partial charge in [-0.15, -0.1) is 0 Å². The van der Waals surface area contributed by atoms with Gasteiger partial charge in [-0.05, 0) is 41.3 Å². The minimum absolute atomic E-state index is 0.0188. The molecule has 1 aliphatic heterocycles. The summed E-state index contributed by atoms with van der Waals surface area (Å²) in [7, 11) is 1.77. The van der Waals surface area contributed by atoms with Crippen molar-refractivity contribution in [1.29, 1.82) is 0 Å². The van der Waals surface area contributed by atoms with Crippen molar-refractivity contribution in [3.63, 3.8) is 0 Å². The Balaban J connectivity index is 1.52. The lowest BCUT2D eigenvalue weighted by atomic mass is 10.1. The number of rotatable bonds is 5. The van der Waals surface area contributed by atoms with Crippen LogP contribution in [0.15, 0.2) is 42.5 Å². The van der Waals surface area contributed by atoms with E-state index in [1.54, 1.807) is 11.9 Å². The topological polar surface area (TPSA) is 49.4 Å². The molecular formula is C19H19ClN2O2. The molecular weight excluding hydrogens is 324 g/mol. The summed E-state index contributed by atoms with van der Waals surface area (Å²) in [4.78, 5) is 25.4. The average Bonchev–Trinajstić information content (AvgIpc) is 2.81. The third-order valence-electron chi connectivity index (χ3n) is 4.21. The van der Waals surface area contributed by atoms with Gasteiger partial charge in [-0.3, -0.25) is 9.59 Å². The van der Waals surface area contributed by atoms with Gasteiger partial charge >= 0.3 is 0 Å². The molecule has 2 aromatic rings. The van der Waals surface area contributed by atoms with E-state index in [1.807, 2.05) is 42.5 Å². The molecule has 4 nitrogen and oxygen atoms in total. The molecule has 0 atom stereocenters. The Morgan fingerprint density at radius 2 is 2.04 bits per heavy atom. The van der Waals surface area contributed by atoms with Gasteiger partial charge in [0.2, 0.25) is 11.8 Å². The zero-order valence-corrected chi connectivity index (χ0v) is 14.3. The molecule has 0 fully saturated rings. The Morgan fingerprint density at radius 3 is 2.83 bits per heavy atom. The first-order chi connectivity index (χ1) is 11.5. The van der Waals surface area contributed by atoms with E-state index in [0.29, 0.717) is 24.4 Å². The maximum absolute atomic E-state index is 12.1. The molecule has 0 aliphatic carbocycles. The number of halogens is 1. The van der Waals surface area contributed by atoms with E-state index in [2.05, 4.69) is 5.32 Å². The van der Waals surface area contributed by atoms with Crippen LogP contribution in [0.1, 0.15) is 16.7 Å². The number of nitrogens with one attached hydrogen (secondary N) is 1. The number of nitrogens with zero attached hydrogens (tertiary/aromatic N) is 1. The van der Waals surface area contributed by atoms with Crippen molar-refractivity contribution in [3.8, 4) is 0 Å². The summed E-state index contributed by atoms with van der Waals surface area (Å²) in [6.45, 7) is 0.575. The predicted octanol–water partition coefficient (Wildman–Crippen LogP) is 2.76. The first-order valence-electron chi connectivity index (χ1n) is 7.92. The van der Waals surface area contributed by atoms with Gasteiger partial charge in [0, 0.05) is 24.3 Å². The van der Waals surface area contributed by atoms with E-state index in [-0.39, 0.29) is 11.8 Å². The Kier molecular flexibility index (Phi) is 4.86. The van der Waals surface area contributed by atoms with E-state index >= 15 is 0 Å². The van der Waals surface area contributed by atoms with Crippen LogP contribution < -0.4 is 10.2 Å². The number of likely N-dealkylation sites (N-methyl/N-ethyl adjacent to an activating group) is 1. The lowest BCUT2D eigenvalue weighted by Crippen LogP contribution is -2.27. The van der Waals surface area contributed by atoms with Gasteiger partial charge in [-0.2, -0.15) is 0 Å². The molecule has 1 N–H and O–H groups in total. The van der Waals surface area contributed by atoms with Crippen LogP contribution in [0.3, 0.4) is 0 Å². The van der Waals surface area contributed by atoms with Crippen molar-refractivity contribution >= 4 is 29.1 Å². The van der Waals surface area contributed by atoms with E-state index in [1.165, 1.54) is 0 Å². The Hall–Kier alpha value is -2.33. The van der Waals surface area contributed by atoms with Gasteiger partial charge in [0.15, 0.2) is 0 Å². The molecule has 5 heteroatoms. The SMILES string of the molecule is CN1C(=O)Cc2cc(CC(=O)NCCc3cccc(Cl)c3)ccc21. The van der Waals surface area contributed by atoms with Crippen LogP contribution in [0.2, 0.25) is 5.02 Å². The lowest BCUT2D eigenvalue weighted by Gasteiger charge is -2.10. The minimum atomic E-state index is -0.0188. The van der Waals surface area contributed by atoms with Crippen molar-refractivity contribution < 1.29 is 9.59 Å². The summed E-state index contributed by atoms with van der Waals surface area (Å²) in [5.41, 5.74) is 3.95. The smallest absolute Gasteiger partial charge is 0.231 e. The molecule has 24 heavy (non-hydrogen) atoms. The van der Waals surface area contributed by atoms with Gasteiger partial charge in [-0.1, -0.05) is 35.9 Å². The van der Waals surface area contributed by atoms with Gasteiger partial charge < -0.3 is 10.2 Å². The standard InChI is InChI=1S/C19H19ClN2O2/c1-22-17-6-5-14(9-15(17)12-19(22)24)11-18(23)21-8-7-13-3-2-4-16(20)10-13/h2-6,9-10H,7-8,11-12H2,1H3,(H,21,23). The fourth-order valence-electron chi connectivity index (χ4n) is 2.92. The van der Waals surface area contributed by atoms with Crippen molar-refractivity contribution in [2.24, 2.45) is 0 Å². The molecule has 0 radical (unpaired) electrons. The fourth-order valence-corrected chi connectivity index (χ4v) is 3.13. The summed E-state index contributed by atoms with van der Waals surface area (Å²) in [5.74, 6) is 0.0720. The molecule has 2 aromatic carbocycles. The molecule has 0 bridgehead atoms. The normalized spacial score (nSPS) is 13.1. The second-order valence-corrected chi connectivity index (χ2v) is 6.44. The molecule has 0 unspecified atom stereocenters. The summed E-state index contributed by atoms with van der Waals surface area (Å²) >= 11 is 5.95. The van der Waals surface area contributed by atoms with E-state index in [0.717, 1.165) is 28.8 Å². The Labute approximate surface area is 146 Å². The molecule has 1 aliphatic rings. The summed E-state index contributed by atoms with van der Waals surface area (Å²) in [5, 5.41) is 3.63. The highest BCUT2D eigenvalue weighted by atomic mass is 35.5. The first kappa shape index (κ1) is 16.5. The van der Waals surface area contributed by atoms with Crippen LogP contribution in [0.25, 0.3) is 0 Å². The zero-order chi connectivity index (χ0) is 17.1. The second kappa shape index (κ2) is 7.05. The van der Waals surface area contributed by atoms with Gasteiger partial charge in [-0.25, -0.2) is 0 Å². The van der Waals surface area contributed by atoms with Crippen LogP contribution in [-0.4, -0.2) is 25.4 Å². The van der Waals surface area contributed by atoms with E-state index in [4.69, 9.17) is 11.6 Å². The molecule has 0 saturated heterocycles. The zero-order valence-electron chi connectivity index (χ0n) is 13.5. The molecule has 124 valence electrons. The highest BCUT2D eigenvalue weighted by molar-refractivity contribution is 6.30. The van der Waals surface area contributed by atoms with Crippen molar-refractivity contribution in [3.05, 3.63) is 64.2 Å². The molecule has 3 rings (SSSR count). The summed E-state index contributed by atoms with van der Waals surface area (Å²) in [6, 6.07) is 13.4. The summed E-state index contributed by atoms with van der Waals surface area (Å²) < 4.78 is 0. The van der Waals surface area contributed by atoms with Crippen LogP contribution in [0, 0.1) is 0 Å². The van der Waals surface area contributed by atoms with Crippen molar-refractivity contribution in [1.82, 2.24) is 5.32 Å². The van der Waals surface area contributed by atoms with Crippen LogP contribution >= 0.6 is 11.6 Å². The van der Waals surface area contributed by atoms with E-state index in [9.17, 15) is 9.59 Å². The number of carbonyl (C=O) groups excluding carboxylic acids is 2. The van der Waals surface area contributed by atoms with E-state index < -0.39 is 0 Å². The second-order valence-electron chi connectivity index (χ2n) is 6.00. The number of benzene rings is 2. The molecule has 0 aromatic heterocycles. The van der Waals surface area contributed by atoms with Gasteiger partial charge in [0.1, 0.15) is 0 Å². The summed E-state index contributed by atoms with van der Waals surface area (Å²) in [6.07, 6.45) is 1.48. The average molecular weight is 343 g/mol. The monoisotopic (exact) mass is 342 g/mol. The Bertz CT molecular complexity index is 789. The number of anilines is 1. The fraction of sp³-hybridized carbons (Fsp3) is 0.263. The molecule has 2 amide bonds. The minimum Gasteiger partial charge on any atom is -0.355 e. The van der Waals surface area contributed by atoms with Crippen LogP contribution in [0.4, 0.5) is 5.69 Å². The van der Waals surface area contributed by atoms with Crippen molar-refractivity contribution in [2.45, 2.75) is 19.3 Å². The Morgan fingerprint density at radius 1 is 1.21 bits per heavy atom. The van der Waals surface area contributed by atoms with Crippen molar-refractivity contribution in [2.75, 3.05) is 18.5 Å². The number of hydrogen-bond acceptors (Lipinski definition) is 2. The van der Waals surface area contributed by atoms with Crippen LogP contribution in [0.5, 0.6) is 0 Å². The molecule has 0 spiro atoms. The third kappa shape index (κ3) is 3.77. The number of hydrogen-bond donors (Lipinski definition) is 1. The highest BCUT2D eigenvalue weighted by Crippen LogP contribution is 2.28. The highest BCUT2D eigenvalue weighted by Gasteiger charge is 2.23. The first-order valence-corrected chi connectivity index (χ1v) is 8.30. The van der Waals surface area contributed by atoms with Crippen LogP contribution in [-0.2, 0) is 28.9 Å².